The van der Waals surface area contributed by atoms with Crippen molar-refractivity contribution >= 4 is 29.6 Å². The fourth-order valence-corrected chi connectivity index (χ4v) is 2.60. The molecule has 3 atom stereocenters. The highest BCUT2D eigenvalue weighted by Gasteiger charge is 2.29. The predicted molar refractivity (Wildman–Crippen MR) is 108 cm³/mol. The van der Waals surface area contributed by atoms with Crippen LogP contribution in [-0.2, 0) is 30.4 Å². The molecule has 0 heterocycles. The molecule has 0 fully saturated rings. The molecule has 9 N–H and O–H groups in total. The second-order valence-corrected chi connectivity index (χ2v) is 6.66. The molecule has 0 saturated carbocycles. The summed E-state index contributed by atoms with van der Waals surface area (Å²) in [5.74, 6) is -4.51. The van der Waals surface area contributed by atoms with E-state index in [0.717, 1.165) is 0 Å². The Balaban J connectivity index is 2.92. The molecule has 0 spiro atoms. The summed E-state index contributed by atoms with van der Waals surface area (Å²) in [7, 11) is 0. The number of carbonyl (C=O) groups is 5. The van der Waals surface area contributed by atoms with Gasteiger partial charge in [0, 0.05) is 12.8 Å². The lowest BCUT2D eigenvalue weighted by Crippen LogP contribution is -2.57. The number of carboxylic acids is 1. The number of amides is 4. The Kier molecular flexibility index (Phi) is 10.6. The van der Waals surface area contributed by atoms with E-state index in [0.29, 0.717) is 5.56 Å². The van der Waals surface area contributed by atoms with Gasteiger partial charge in [0.15, 0.2) is 0 Å². The van der Waals surface area contributed by atoms with Crippen LogP contribution in [0.25, 0.3) is 0 Å². The maximum Gasteiger partial charge on any atom is 0.326 e. The van der Waals surface area contributed by atoms with Gasteiger partial charge in [-0.3, -0.25) is 19.2 Å². The summed E-state index contributed by atoms with van der Waals surface area (Å²) in [6.45, 7) is -1.19. The van der Waals surface area contributed by atoms with Gasteiger partial charge in [0.2, 0.25) is 23.6 Å². The smallest absolute Gasteiger partial charge is 0.326 e. The number of rotatable bonds is 13. The average molecular weight is 437 g/mol. The summed E-state index contributed by atoms with van der Waals surface area (Å²) in [5.41, 5.74) is 10.9. The van der Waals surface area contributed by atoms with E-state index < -0.39 is 60.9 Å². The molecule has 0 aliphatic heterocycles. The molecule has 1 rings (SSSR count). The number of carbonyl (C=O) groups excluding carboxylic acids is 4. The first-order chi connectivity index (χ1) is 14.7. The molecule has 170 valence electrons. The molecule has 4 amide bonds. The predicted octanol–water partition coefficient (Wildman–Crippen LogP) is -3.02. The van der Waals surface area contributed by atoms with Gasteiger partial charge in [-0.1, -0.05) is 30.3 Å². The van der Waals surface area contributed by atoms with Crippen molar-refractivity contribution in [2.24, 2.45) is 11.5 Å². The highest BCUT2D eigenvalue weighted by molar-refractivity contribution is 5.94. The summed E-state index contributed by atoms with van der Waals surface area (Å²) in [5, 5.41) is 25.6. The molecule has 0 aromatic heterocycles. The van der Waals surface area contributed by atoms with Gasteiger partial charge in [-0.05, 0) is 12.0 Å². The van der Waals surface area contributed by atoms with Crippen LogP contribution >= 0.6 is 0 Å². The first-order valence-electron chi connectivity index (χ1n) is 9.44. The van der Waals surface area contributed by atoms with Crippen LogP contribution in [-0.4, -0.2) is 71.1 Å². The number of aliphatic hydroxyl groups excluding tert-OH is 1. The van der Waals surface area contributed by atoms with Crippen LogP contribution in [0.2, 0.25) is 0 Å². The summed E-state index contributed by atoms with van der Waals surface area (Å²) >= 11 is 0. The standard InChI is InChI=1S/C19H27N5O7/c20-9-16(27)22-14(10-25)18(29)23-12(6-7-15(21)26)17(28)24-13(19(30)31)8-11-4-2-1-3-5-11/h1-5,12-14,25H,6-10,20H2,(H2,21,26)(H,22,27)(H,23,29)(H,24,28)(H,30,31). The Hall–Kier alpha value is -3.51. The molecule has 12 heteroatoms. The van der Waals surface area contributed by atoms with E-state index in [1.807, 2.05) is 0 Å². The molecule has 0 aliphatic rings. The molecule has 3 unspecified atom stereocenters. The maximum absolute atomic E-state index is 12.7. The molecule has 0 bridgehead atoms. The Morgan fingerprint density at radius 2 is 1.48 bits per heavy atom. The van der Waals surface area contributed by atoms with Crippen molar-refractivity contribution in [2.75, 3.05) is 13.2 Å². The minimum absolute atomic E-state index is 0.00970. The van der Waals surface area contributed by atoms with Gasteiger partial charge in [-0.15, -0.1) is 0 Å². The third-order valence-electron chi connectivity index (χ3n) is 4.23. The minimum atomic E-state index is -1.39. The normalized spacial score (nSPS) is 13.4. The van der Waals surface area contributed by atoms with Crippen LogP contribution in [0, 0.1) is 0 Å². The number of primary amides is 1. The number of carboxylic acid groups (broad SMARTS) is 1. The number of nitrogens with two attached hydrogens (primary N) is 2. The number of aliphatic carboxylic acids is 1. The molecule has 0 radical (unpaired) electrons. The van der Waals surface area contributed by atoms with Crippen molar-refractivity contribution < 1.29 is 34.2 Å². The summed E-state index contributed by atoms with van der Waals surface area (Å²) in [6, 6.07) is 4.57. The van der Waals surface area contributed by atoms with Gasteiger partial charge in [-0.25, -0.2) is 4.79 Å². The highest BCUT2D eigenvalue weighted by Crippen LogP contribution is 2.06. The van der Waals surface area contributed by atoms with E-state index in [-0.39, 0.29) is 19.3 Å². The number of hydrogen-bond donors (Lipinski definition) is 7. The summed E-state index contributed by atoms with van der Waals surface area (Å²) < 4.78 is 0. The lowest BCUT2D eigenvalue weighted by Gasteiger charge is -2.23. The molecular weight excluding hydrogens is 410 g/mol. The van der Waals surface area contributed by atoms with Crippen molar-refractivity contribution in [1.82, 2.24) is 16.0 Å². The molecule has 1 aromatic rings. The largest absolute Gasteiger partial charge is 0.480 e. The lowest BCUT2D eigenvalue weighted by molar-refractivity contribution is -0.142. The minimum Gasteiger partial charge on any atom is -0.480 e. The second-order valence-electron chi connectivity index (χ2n) is 6.66. The van der Waals surface area contributed by atoms with E-state index in [9.17, 15) is 34.2 Å². The van der Waals surface area contributed by atoms with Crippen molar-refractivity contribution in [1.29, 1.82) is 0 Å². The van der Waals surface area contributed by atoms with E-state index in [4.69, 9.17) is 11.5 Å². The molecular formula is C19H27N5O7. The Labute approximate surface area is 178 Å². The van der Waals surface area contributed by atoms with Gasteiger partial charge in [0.25, 0.3) is 0 Å². The molecule has 0 aliphatic carbocycles. The van der Waals surface area contributed by atoms with Crippen LogP contribution in [0.15, 0.2) is 30.3 Å². The average Bonchev–Trinajstić information content (AvgIpc) is 2.74. The third kappa shape index (κ3) is 9.23. The van der Waals surface area contributed by atoms with Crippen LogP contribution in [0.4, 0.5) is 0 Å². The van der Waals surface area contributed by atoms with Gasteiger partial charge in [0.05, 0.1) is 13.2 Å². The summed E-state index contributed by atoms with van der Waals surface area (Å²) in [6.07, 6.45) is -0.495. The second kappa shape index (κ2) is 12.9. The van der Waals surface area contributed by atoms with Gasteiger partial charge in [-0.2, -0.15) is 0 Å². The van der Waals surface area contributed by atoms with E-state index in [1.54, 1.807) is 30.3 Å². The van der Waals surface area contributed by atoms with Crippen LogP contribution < -0.4 is 27.4 Å². The lowest BCUT2D eigenvalue weighted by atomic mass is 10.0. The Morgan fingerprint density at radius 3 is 2.00 bits per heavy atom. The quantitative estimate of drug-likeness (QED) is 0.168. The van der Waals surface area contributed by atoms with E-state index in [2.05, 4.69) is 16.0 Å². The Morgan fingerprint density at radius 1 is 0.903 bits per heavy atom. The molecule has 31 heavy (non-hydrogen) atoms. The van der Waals surface area contributed by atoms with Crippen LogP contribution in [0.1, 0.15) is 18.4 Å². The van der Waals surface area contributed by atoms with E-state index in [1.165, 1.54) is 0 Å². The number of aliphatic hydroxyl groups is 1. The first-order valence-corrected chi connectivity index (χ1v) is 9.44. The van der Waals surface area contributed by atoms with Crippen molar-refractivity contribution in [3.8, 4) is 0 Å². The van der Waals surface area contributed by atoms with Crippen molar-refractivity contribution in [3.63, 3.8) is 0 Å². The van der Waals surface area contributed by atoms with Gasteiger partial charge in [0.1, 0.15) is 18.1 Å². The third-order valence-corrected chi connectivity index (χ3v) is 4.23. The van der Waals surface area contributed by atoms with Crippen LogP contribution in [0.5, 0.6) is 0 Å². The first kappa shape index (κ1) is 25.5. The fraction of sp³-hybridized carbons (Fsp3) is 0.421. The number of nitrogens with one attached hydrogen (secondary N) is 3. The zero-order valence-electron chi connectivity index (χ0n) is 16.7. The number of benzene rings is 1. The molecule has 12 nitrogen and oxygen atoms in total. The van der Waals surface area contributed by atoms with Gasteiger partial charge < -0.3 is 37.6 Å². The number of hydrogen-bond acceptors (Lipinski definition) is 7. The van der Waals surface area contributed by atoms with Crippen molar-refractivity contribution in [2.45, 2.75) is 37.4 Å². The van der Waals surface area contributed by atoms with Crippen LogP contribution in [0.3, 0.4) is 0 Å². The zero-order chi connectivity index (χ0) is 23.4. The van der Waals surface area contributed by atoms with Crippen molar-refractivity contribution in [3.05, 3.63) is 35.9 Å². The monoisotopic (exact) mass is 437 g/mol. The topological polar surface area (TPSA) is 214 Å². The highest BCUT2D eigenvalue weighted by atomic mass is 16.4. The SMILES string of the molecule is NCC(=O)NC(CO)C(=O)NC(CCC(N)=O)C(=O)NC(Cc1ccccc1)C(=O)O. The summed E-state index contributed by atoms with van der Waals surface area (Å²) in [4.78, 5) is 59.1. The molecule has 1 aromatic carbocycles. The van der Waals surface area contributed by atoms with Gasteiger partial charge >= 0.3 is 5.97 Å². The Bertz CT molecular complexity index is 787. The van der Waals surface area contributed by atoms with E-state index >= 15 is 0 Å². The maximum atomic E-state index is 12.7. The zero-order valence-corrected chi connectivity index (χ0v) is 16.7. The fourth-order valence-electron chi connectivity index (χ4n) is 2.60. The molecule has 0 saturated heterocycles.